The zero-order valence-electron chi connectivity index (χ0n) is 10.9. The molecule has 0 amide bonds. The fraction of sp³-hybridized carbons (Fsp3) is 0.714. The molecule has 0 radical (unpaired) electrons. The smallest absolute Gasteiger partial charge is 0.0950 e. The zero-order chi connectivity index (χ0) is 12.4. The van der Waals surface area contributed by atoms with Crippen LogP contribution in [0.15, 0.2) is 23.0 Å². The van der Waals surface area contributed by atoms with Crippen LogP contribution in [-0.2, 0) is 0 Å². The molecule has 0 aliphatic carbocycles. The molecule has 0 saturated carbocycles. The molecule has 2 atom stereocenters. The van der Waals surface area contributed by atoms with E-state index in [1.165, 1.54) is 37.9 Å². The van der Waals surface area contributed by atoms with E-state index in [0.29, 0.717) is 12.6 Å². The summed E-state index contributed by atoms with van der Waals surface area (Å²) in [6.07, 6.45) is 7.61. The van der Waals surface area contributed by atoms with Gasteiger partial charge in [0.25, 0.3) is 0 Å². The van der Waals surface area contributed by atoms with Gasteiger partial charge in [-0.25, -0.2) is 0 Å². The number of furan rings is 1. The Hall–Kier alpha value is -0.840. The molecule has 4 heteroatoms. The van der Waals surface area contributed by atoms with Crippen molar-refractivity contribution in [3.05, 3.63) is 24.2 Å². The predicted molar refractivity (Wildman–Crippen MR) is 71.3 cm³/mol. The number of likely N-dealkylation sites (tertiary alicyclic amines) is 2. The molecule has 100 valence electrons. The number of hydrogen-bond acceptors (Lipinski definition) is 4. The highest BCUT2D eigenvalue weighted by Gasteiger charge is 2.32. The van der Waals surface area contributed by atoms with Crippen molar-refractivity contribution in [2.75, 3.05) is 32.7 Å². The van der Waals surface area contributed by atoms with Crippen LogP contribution >= 0.6 is 0 Å². The molecule has 0 bridgehead atoms. The van der Waals surface area contributed by atoms with Crippen LogP contribution in [0.5, 0.6) is 0 Å². The van der Waals surface area contributed by atoms with E-state index in [2.05, 4.69) is 9.80 Å². The van der Waals surface area contributed by atoms with Gasteiger partial charge in [-0.05, 0) is 38.4 Å². The van der Waals surface area contributed by atoms with Gasteiger partial charge in [-0.2, -0.15) is 0 Å². The maximum Gasteiger partial charge on any atom is 0.0950 e. The van der Waals surface area contributed by atoms with Crippen molar-refractivity contribution in [2.45, 2.75) is 31.3 Å². The Bertz CT molecular complexity index is 359. The molecular formula is C14H23N3O. The number of hydrogen-bond donors (Lipinski definition) is 1. The topological polar surface area (TPSA) is 45.6 Å². The van der Waals surface area contributed by atoms with E-state index in [4.69, 9.17) is 10.2 Å². The fourth-order valence-corrected chi connectivity index (χ4v) is 3.42. The summed E-state index contributed by atoms with van der Waals surface area (Å²) in [6, 6.07) is 3.12. The SMILES string of the molecule is NCC(c1ccoc1)N1CCC(N2CCCC2)C1. The Morgan fingerprint density at radius 2 is 2.17 bits per heavy atom. The van der Waals surface area contributed by atoms with Gasteiger partial charge < -0.3 is 10.2 Å². The Balaban J connectivity index is 1.63. The van der Waals surface area contributed by atoms with E-state index < -0.39 is 0 Å². The molecule has 2 fully saturated rings. The number of nitrogens with zero attached hydrogens (tertiary/aromatic N) is 2. The van der Waals surface area contributed by atoms with Crippen molar-refractivity contribution in [1.82, 2.24) is 9.80 Å². The lowest BCUT2D eigenvalue weighted by Crippen LogP contribution is -2.37. The van der Waals surface area contributed by atoms with Crippen molar-refractivity contribution in [3.8, 4) is 0 Å². The highest BCUT2D eigenvalue weighted by Crippen LogP contribution is 2.28. The molecule has 0 spiro atoms. The van der Waals surface area contributed by atoms with Gasteiger partial charge >= 0.3 is 0 Å². The van der Waals surface area contributed by atoms with Gasteiger partial charge in [-0.3, -0.25) is 9.80 Å². The third-order valence-electron chi connectivity index (χ3n) is 4.44. The predicted octanol–water partition coefficient (Wildman–Crippen LogP) is 1.45. The molecule has 2 saturated heterocycles. The standard InChI is InChI=1S/C14H23N3O/c15-9-14(12-4-8-18-11-12)17-7-3-13(10-17)16-5-1-2-6-16/h4,8,11,13-14H,1-3,5-7,9-10,15H2. The molecule has 0 aromatic carbocycles. The summed E-state index contributed by atoms with van der Waals surface area (Å²) in [5.74, 6) is 0. The molecule has 18 heavy (non-hydrogen) atoms. The van der Waals surface area contributed by atoms with Crippen molar-refractivity contribution in [3.63, 3.8) is 0 Å². The Morgan fingerprint density at radius 3 is 2.83 bits per heavy atom. The molecule has 2 N–H and O–H groups in total. The third kappa shape index (κ3) is 2.32. The molecule has 1 aromatic rings. The highest BCUT2D eigenvalue weighted by atomic mass is 16.3. The van der Waals surface area contributed by atoms with Crippen molar-refractivity contribution in [2.24, 2.45) is 5.73 Å². The van der Waals surface area contributed by atoms with E-state index in [0.717, 1.165) is 19.1 Å². The Morgan fingerprint density at radius 1 is 1.33 bits per heavy atom. The number of nitrogens with two attached hydrogens (primary N) is 1. The Kier molecular flexibility index (Phi) is 3.68. The zero-order valence-corrected chi connectivity index (χ0v) is 10.9. The quantitative estimate of drug-likeness (QED) is 0.877. The van der Waals surface area contributed by atoms with E-state index in [1.807, 2.05) is 12.3 Å². The highest BCUT2D eigenvalue weighted by molar-refractivity contribution is 5.13. The maximum atomic E-state index is 5.95. The van der Waals surface area contributed by atoms with Gasteiger partial charge in [-0.1, -0.05) is 0 Å². The maximum absolute atomic E-state index is 5.95. The lowest BCUT2D eigenvalue weighted by atomic mass is 10.1. The molecule has 1 aromatic heterocycles. The van der Waals surface area contributed by atoms with Crippen LogP contribution in [0, 0.1) is 0 Å². The lowest BCUT2D eigenvalue weighted by Gasteiger charge is -2.28. The van der Waals surface area contributed by atoms with E-state index >= 15 is 0 Å². The lowest BCUT2D eigenvalue weighted by molar-refractivity contribution is 0.202. The minimum Gasteiger partial charge on any atom is -0.472 e. The van der Waals surface area contributed by atoms with Crippen molar-refractivity contribution < 1.29 is 4.42 Å². The first-order chi connectivity index (χ1) is 8.88. The molecular weight excluding hydrogens is 226 g/mol. The van der Waals surface area contributed by atoms with E-state index in [-0.39, 0.29) is 0 Å². The summed E-state index contributed by atoms with van der Waals surface area (Å²) in [4.78, 5) is 5.18. The van der Waals surface area contributed by atoms with Crippen LogP contribution in [-0.4, -0.2) is 48.6 Å². The third-order valence-corrected chi connectivity index (χ3v) is 4.44. The van der Waals surface area contributed by atoms with Crippen LogP contribution in [0.25, 0.3) is 0 Å². The average Bonchev–Trinajstić information content (AvgIpc) is 3.13. The van der Waals surface area contributed by atoms with Gasteiger partial charge in [0.05, 0.1) is 18.6 Å². The normalized spacial score (nSPS) is 27.9. The van der Waals surface area contributed by atoms with E-state index in [9.17, 15) is 0 Å². The Labute approximate surface area is 109 Å². The van der Waals surface area contributed by atoms with Gasteiger partial charge in [0.1, 0.15) is 0 Å². The first-order valence-corrected chi connectivity index (χ1v) is 7.09. The first kappa shape index (κ1) is 12.2. The first-order valence-electron chi connectivity index (χ1n) is 7.09. The summed E-state index contributed by atoms with van der Waals surface area (Å²) in [5, 5.41) is 0. The summed E-state index contributed by atoms with van der Waals surface area (Å²) in [6.45, 7) is 5.57. The van der Waals surface area contributed by atoms with Crippen LogP contribution in [0.2, 0.25) is 0 Å². The molecule has 3 rings (SSSR count). The van der Waals surface area contributed by atoms with E-state index in [1.54, 1.807) is 6.26 Å². The van der Waals surface area contributed by atoms with Gasteiger partial charge in [0.15, 0.2) is 0 Å². The van der Waals surface area contributed by atoms with Crippen molar-refractivity contribution >= 4 is 0 Å². The van der Waals surface area contributed by atoms with Crippen LogP contribution < -0.4 is 5.73 Å². The van der Waals surface area contributed by atoms with Crippen LogP contribution in [0.1, 0.15) is 30.9 Å². The molecule has 3 heterocycles. The van der Waals surface area contributed by atoms with Gasteiger partial charge in [0, 0.05) is 31.2 Å². The van der Waals surface area contributed by atoms with Crippen molar-refractivity contribution in [1.29, 1.82) is 0 Å². The largest absolute Gasteiger partial charge is 0.472 e. The van der Waals surface area contributed by atoms with Gasteiger partial charge in [0.2, 0.25) is 0 Å². The number of rotatable bonds is 4. The minimum absolute atomic E-state index is 0.330. The summed E-state index contributed by atoms with van der Waals surface area (Å²) in [5.41, 5.74) is 7.17. The van der Waals surface area contributed by atoms with Crippen LogP contribution in [0.4, 0.5) is 0 Å². The fourth-order valence-electron chi connectivity index (χ4n) is 3.42. The van der Waals surface area contributed by atoms with Gasteiger partial charge in [-0.15, -0.1) is 0 Å². The summed E-state index contributed by atoms with van der Waals surface area (Å²) >= 11 is 0. The molecule has 2 aliphatic heterocycles. The monoisotopic (exact) mass is 249 g/mol. The summed E-state index contributed by atoms with van der Waals surface area (Å²) < 4.78 is 5.19. The molecule has 4 nitrogen and oxygen atoms in total. The second-order valence-corrected chi connectivity index (χ2v) is 5.49. The molecule has 2 unspecified atom stereocenters. The summed E-state index contributed by atoms with van der Waals surface area (Å²) in [7, 11) is 0. The molecule has 2 aliphatic rings. The van der Waals surface area contributed by atoms with Crippen LogP contribution in [0.3, 0.4) is 0 Å². The second kappa shape index (κ2) is 5.43. The average molecular weight is 249 g/mol. The second-order valence-electron chi connectivity index (χ2n) is 5.49. The minimum atomic E-state index is 0.330.